The summed E-state index contributed by atoms with van der Waals surface area (Å²) in [5.74, 6) is -2.01. The van der Waals surface area contributed by atoms with E-state index in [0.29, 0.717) is 12.7 Å². The molecule has 0 aromatic carbocycles. The third kappa shape index (κ3) is 19.3. The zero-order chi connectivity index (χ0) is 15.1. The van der Waals surface area contributed by atoms with E-state index in [9.17, 15) is 14.7 Å². The zero-order valence-electron chi connectivity index (χ0n) is 13.3. The van der Waals surface area contributed by atoms with Crippen molar-refractivity contribution in [3.63, 3.8) is 0 Å². The summed E-state index contributed by atoms with van der Waals surface area (Å²) < 4.78 is 4.85. The smallest absolute Gasteiger partial charge is 0.545 e. The van der Waals surface area contributed by atoms with Crippen LogP contribution in [0.15, 0.2) is 12.2 Å². The Morgan fingerprint density at radius 2 is 1.33 bits per heavy atom. The molecule has 0 aromatic heterocycles. The Kier molecular flexibility index (Phi) is 18.7. The molecule has 0 N–H and O–H groups in total. The van der Waals surface area contributed by atoms with Crippen LogP contribution in [0.3, 0.4) is 0 Å². The van der Waals surface area contributed by atoms with Gasteiger partial charge in [0, 0.05) is 6.08 Å². The van der Waals surface area contributed by atoms with E-state index in [-0.39, 0.29) is 19.5 Å². The van der Waals surface area contributed by atoms with Gasteiger partial charge in [-0.15, -0.1) is 0 Å². The van der Waals surface area contributed by atoms with Gasteiger partial charge in [-0.25, -0.2) is 4.79 Å². The van der Waals surface area contributed by atoms with E-state index in [1.165, 1.54) is 51.4 Å². The predicted octanol–water partition coefficient (Wildman–Crippen LogP) is 2.75. The third-order valence-electron chi connectivity index (χ3n) is 3.10. The molecule has 0 aliphatic carbocycles. The third-order valence-corrected chi connectivity index (χ3v) is 3.10. The monoisotopic (exact) mass is 347 g/mol. The van der Waals surface area contributed by atoms with Crippen molar-refractivity contribution in [2.24, 2.45) is 0 Å². The molecule has 5 heteroatoms. The number of unbranched alkanes of at least 4 members (excludes halogenated alkanes) is 9. The molecule has 0 atom stereocenters. The maximum atomic E-state index is 11.0. The van der Waals surface area contributed by atoms with Gasteiger partial charge in [0.1, 0.15) is 0 Å². The molecule has 0 unspecified atom stereocenters. The summed E-state index contributed by atoms with van der Waals surface area (Å²) in [7, 11) is 0. The summed E-state index contributed by atoms with van der Waals surface area (Å²) in [6.07, 6.45) is 13.8. The number of carbonyl (C=O) groups is 2. The zero-order valence-corrected chi connectivity index (χ0v) is 16.2. The van der Waals surface area contributed by atoms with Crippen LogP contribution < -0.4 is 5.11 Å². The minimum atomic E-state index is -1.39. The van der Waals surface area contributed by atoms with Gasteiger partial charge in [0.25, 0.3) is 0 Å². The van der Waals surface area contributed by atoms with Crippen molar-refractivity contribution in [1.82, 2.24) is 0 Å². The molecule has 0 saturated carbocycles. The van der Waals surface area contributed by atoms with Crippen LogP contribution in [0.1, 0.15) is 71.1 Å². The quantitative estimate of drug-likeness (QED) is 0.222. The van der Waals surface area contributed by atoms with Gasteiger partial charge in [-0.05, 0) is 12.5 Å². The first-order valence-electron chi connectivity index (χ1n) is 7.72. The van der Waals surface area contributed by atoms with Crippen LogP contribution >= 0.6 is 0 Å². The van der Waals surface area contributed by atoms with Crippen LogP contribution in [0.2, 0.25) is 0 Å². The number of aliphatic carboxylic acids is 1. The van der Waals surface area contributed by atoms with Crippen molar-refractivity contribution in [1.29, 1.82) is 0 Å². The molecular formula is C16H27O4Zn. The largest absolute Gasteiger partial charge is 1.00 e. The number of carbonyl (C=O) groups excluding carboxylic acids is 2. The van der Waals surface area contributed by atoms with Gasteiger partial charge in [0.2, 0.25) is 0 Å². The molecule has 0 aliphatic rings. The van der Waals surface area contributed by atoms with E-state index in [1.54, 1.807) is 0 Å². The molecule has 0 heterocycles. The minimum absolute atomic E-state index is 0. The Balaban J connectivity index is 0. The SMILES string of the molecule is CCCCCCCCCCCCOC(=O)/C=C\C(=O)[O-].[Zn+]. The average molecular weight is 349 g/mol. The molecule has 0 rings (SSSR count). The molecule has 4 nitrogen and oxygen atoms in total. The predicted molar refractivity (Wildman–Crippen MR) is 77.0 cm³/mol. The Bertz CT molecular complexity index is 290. The summed E-state index contributed by atoms with van der Waals surface area (Å²) in [5.41, 5.74) is 0. The molecule has 117 valence electrons. The van der Waals surface area contributed by atoms with Gasteiger partial charge in [0.15, 0.2) is 0 Å². The van der Waals surface area contributed by atoms with E-state index in [0.717, 1.165) is 18.9 Å². The molecule has 0 fully saturated rings. The molecule has 0 amide bonds. The molecule has 0 aliphatic heterocycles. The van der Waals surface area contributed by atoms with Crippen molar-refractivity contribution in [2.75, 3.05) is 6.61 Å². The number of ether oxygens (including phenoxy) is 1. The Hall–Kier alpha value is -0.697. The number of carboxylic acids is 1. The van der Waals surface area contributed by atoms with E-state index < -0.39 is 11.9 Å². The van der Waals surface area contributed by atoms with Crippen LogP contribution in [0.25, 0.3) is 0 Å². The van der Waals surface area contributed by atoms with Crippen LogP contribution in [0.5, 0.6) is 0 Å². The maximum absolute atomic E-state index is 11.0. The van der Waals surface area contributed by atoms with Gasteiger partial charge in [-0.1, -0.05) is 64.7 Å². The fourth-order valence-electron chi connectivity index (χ4n) is 1.95. The molecule has 0 spiro atoms. The van der Waals surface area contributed by atoms with Gasteiger partial charge in [-0.2, -0.15) is 0 Å². The topological polar surface area (TPSA) is 66.4 Å². The maximum Gasteiger partial charge on any atom is 1.00 e. The van der Waals surface area contributed by atoms with Gasteiger partial charge in [-0.3, -0.25) is 0 Å². The number of hydrogen-bond acceptors (Lipinski definition) is 4. The Labute approximate surface area is 141 Å². The van der Waals surface area contributed by atoms with E-state index in [2.05, 4.69) is 6.92 Å². The normalized spacial score (nSPS) is 10.3. The molecule has 1 radical (unpaired) electrons. The van der Waals surface area contributed by atoms with Crippen molar-refractivity contribution in [3.8, 4) is 0 Å². The second-order valence-corrected chi connectivity index (χ2v) is 5.00. The molecular weight excluding hydrogens is 322 g/mol. The number of rotatable bonds is 13. The Morgan fingerprint density at radius 3 is 1.81 bits per heavy atom. The molecule has 0 bridgehead atoms. The average Bonchev–Trinajstić information content (AvgIpc) is 2.42. The van der Waals surface area contributed by atoms with E-state index in [1.807, 2.05) is 0 Å². The Morgan fingerprint density at radius 1 is 0.857 bits per heavy atom. The number of esters is 1. The van der Waals surface area contributed by atoms with Gasteiger partial charge >= 0.3 is 25.4 Å². The fourth-order valence-corrected chi connectivity index (χ4v) is 1.95. The first-order valence-corrected chi connectivity index (χ1v) is 7.72. The second kappa shape index (κ2) is 17.4. The first kappa shape index (κ1) is 22.6. The summed E-state index contributed by atoms with van der Waals surface area (Å²) in [5, 5.41) is 10.1. The number of carboxylic acid groups (broad SMARTS) is 1. The second-order valence-electron chi connectivity index (χ2n) is 5.00. The van der Waals surface area contributed by atoms with Gasteiger partial charge < -0.3 is 14.6 Å². The molecule has 21 heavy (non-hydrogen) atoms. The number of hydrogen-bond donors (Lipinski definition) is 0. The van der Waals surface area contributed by atoms with Crippen molar-refractivity contribution >= 4 is 11.9 Å². The first-order chi connectivity index (χ1) is 9.66. The van der Waals surface area contributed by atoms with Gasteiger partial charge in [0.05, 0.1) is 12.6 Å². The molecule has 0 aromatic rings. The van der Waals surface area contributed by atoms with Crippen LogP contribution in [-0.2, 0) is 33.8 Å². The fraction of sp³-hybridized carbons (Fsp3) is 0.750. The summed E-state index contributed by atoms with van der Waals surface area (Å²) >= 11 is 0. The van der Waals surface area contributed by atoms with E-state index in [4.69, 9.17) is 4.74 Å². The van der Waals surface area contributed by atoms with Crippen molar-refractivity contribution in [2.45, 2.75) is 71.1 Å². The van der Waals surface area contributed by atoms with Crippen LogP contribution in [-0.4, -0.2) is 18.5 Å². The summed E-state index contributed by atoms with van der Waals surface area (Å²) in [6, 6.07) is 0. The standard InChI is InChI=1S/C16H28O4.Zn/c1-2-3-4-5-6-7-8-9-10-11-14-20-16(19)13-12-15(17)18;/h12-13H,2-11,14H2,1H3,(H,17,18);/q;+1/p-1/b13-12-;. The molecule has 0 saturated heterocycles. The van der Waals surface area contributed by atoms with E-state index >= 15 is 0 Å². The van der Waals surface area contributed by atoms with Crippen molar-refractivity contribution in [3.05, 3.63) is 12.2 Å². The minimum Gasteiger partial charge on any atom is -0.545 e. The van der Waals surface area contributed by atoms with Crippen LogP contribution in [0, 0.1) is 0 Å². The van der Waals surface area contributed by atoms with Crippen molar-refractivity contribution < 1.29 is 38.9 Å². The van der Waals surface area contributed by atoms with Crippen LogP contribution in [0.4, 0.5) is 0 Å². The summed E-state index contributed by atoms with van der Waals surface area (Å²) in [6.45, 7) is 2.58. The summed E-state index contributed by atoms with van der Waals surface area (Å²) in [4.78, 5) is 21.1.